The van der Waals surface area contributed by atoms with Gasteiger partial charge in [0.25, 0.3) is 11.8 Å². The normalized spacial score (nSPS) is 16.4. The first-order valence-corrected chi connectivity index (χ1v) is 11.9. The van der Waals surface area contributed by atoms with Crippen LogP contribution in [0.2, 0.25) is 0 Å². The molecule has 1 aromatic carbocycles. The van der Waals surface area contributed by atoms with Crippen LogP contribution in [0.25, 0.3) is 0 Å². The summed E-state index contributed by atoms with van der Waals surface area (Å²) in [5, 5.41) is 0. The van der Waals surface area contributed by atoms with E-state index in [1.54, 1.807) is 4.90 Å². The van der Waals surface area contributed by atoms with Crippen LogP contribution in [-0.2, 0) is 19.3 Å². The number of aromatic nitrogens is 1. The second kappa shape index (κ2) is 9.11. The van der Waals surface area contributed by atoms with Crippen molar-refractivity contribution in [3.05, 3.63) is 87.6 Å². The predicted octanol–water partition coefficient (Wildman–Crippen LogP) is 5.49. The SMILES string of the molecule is Cc1ccc(C(=O)N2Cc3ccccc3C2)c(C2CCN(C(=O)c3cc(C)oc3C(F)(F)F)CC2)n1. The monoisotopic (exact) mass is 497 g/mol. The molecule has 0 unspecified atom stereocenters. The van der Waals surface area contributed by atoms with Gasteiger partial charge in [0.05, 0.1) is 16.8 Å². The van der Waals surface area contributed by atoms with E-state index in [0.29, 0.717) is 37.2 Å². The van der Waals surface area contributed by atoms with E-state index in [4.69, 9.17) is 9.40 Å². The van der Waals surface area contributed by atoms with Crippen molar-refractivity contribution in [2.24, 2.45) is 0 Å². The summed E-state index contributed by atoms with van der Waals surface area (Å²) < 4.78 is 44.8. The number of aryl methyl sites for hydroxylation is 2. The van der Waals surface area contributed by atoms with Crippen LogP contribution in [0.5, 0.6) is 0 Å². The van der Waals surface area contributed by atoms with Gasteiger partial charge in [0, 0.05) is 37.8 Å². The van der Waals surface area contributed by atoms with E-state index in [-0.39, 0.29) is 30.7 Å². The van der Waals surface area contributed by atoms with E-state index in [9.17, 15) is 22.8 Å². The number of alkyl halides is 3. The highest BCUT2D eigenvalue weighted by Crippen LogP contribution is 2.36. The van der Waals surface area contributed by atoms with Gasteiger partial charge in [-0.05, 0) is 56.0 Å². The zero-order valence-electron chi connectivity index (χ0n) is 20.1. The maximum absolute atomic E-state index is 13.5. The Bertz CT molecular complexity index is 1300. The number of carbonyl (C=O) groups excluding carboxylic acids is 2. The van der Waals surface area contributed by atoms with E-state index < -0.39 is 23.4 Å². The molecule has 36 heavy (non-hydrogen) atoms. The number of hydrogen-bond acceptors (Lipinski definition) is 4. The summed E-state index contributed by atoms with van der Waals surface area (Å²) in [6.45, 7) is 4.87. The van der Waals surface area contributed by atoms with Gasteiger partial charge in [-0.25, -0.2) is 0 Å². The minimum atomic E-state index is -4.74. The molecule has 0 spiro atoms. The topological polar surface area (TPSA) is 66.7 Å². The molecule has 2 aliphatic rings. The lowest BCUT2D eigenvalue weighted by Crippen LogP contribution is -2.39. The van der Waals surface area contributed by atoms with E-state index in [0.717, 1.165) is 22.9 Å². The number of furan rings is 1. The molecule has 2 aliphatic heterocycles. The van der Waals surface area contributed by atoms with Crippen LogP contribution in [0.15, 0.2) is 46.9 Å². The van der Waals surface area contributed by atoms with E-state index in [1.165, 1.54) is 11.8 Å². The largest absolute Gasteiger partial charge is 0.456 e. The number of halogens is 3. The Hall–Kier alpha value is -3.62. The molecule has 5 rings (SSSR count). The van der Waals surface area contributed by atoms with Crippen LogP contribution >= 0.6 is 0 Å². The zero-order valence-corrected chi connectivity index (χ0v) is 20.1. The van der Waals surface area contributed by atoms with Gasteiger partial charge in [-0.2, -0.15) is 13.2 Å². The summed E-state index contributed by atoms with van der Waals surface area (Å²) in [5.41, 5.74) is 3.82. The Balaban J connectivity index is 1.32. The minimum absolute atomic E-state index is 0.0386. The van der Waals surface area contributed by atoms with Crippen molar-refractivity contribution in [1.82, 2.24) is 14.8 Å². The molecule has 3 aromatic rings. The second-order valence-electron chi connectivity index (χ2n) is 9.48. The maximum atomic E-state index is 13.5. The third-order valence-corrected chi connectivity index (χ3v) is 6.93. The second-order valence-corrected chi connectivity index (χ2v) is 9.48. The molecule has 0 atom stereocenters. The molecule has 2 amide bonds. The van der Waals surface area contributed by atoms with Gasteiger partial charge >= 0.3 is 6.18 Å². The van der Waals surface area contributed by atoms with Crippen LogP contribution in [0, 0.1) is 13.8 Å². The summed E-state index contributed by atoms with van der Waals surface area (Å²) in [6, 6.07) is 12.7. The Morgan fingerprint density at radius 1 is 0.917 bits per heavy atom. The van der Waals surface area contributed by atoms with Gasteiger partial charge in [-0.3, -0.25) is 14.6 Å². The van der Waals surface area contributed by atoms with Crippen molar-refractivity contribution < 1.29 is 27.2 Å². The van der Waals surface area contributed by atoms with E-state index in [1.807, 2.05) is 43.3 Å². The fourth-order valence-corrected chi connectivity index (χ4v) is 5.13. The maximum Gasteiger partial charge on any atom is 0.450 e. The molecule has 1 saturated heterocycles. The number of piperidine rings is 1. The predicted molar refractivity (Wildman–Crippen MR) is 125 cm³/mol. The zero-order chi connectivity index (χ0) is 25.6. The summed E-state index contributed by atoms with van der Waals surface area (Å²) in [5.74, 6) is -2.08. The molecule has 0 bridgehead atoms. The van der Waals surface area contributed by atoms with Crippen LogP contribution in [-0.4, -0.2) is 39.7 Å². The first kappa shape index (κ1) is 24.1. The van der Waals surface area contributed by atoms with Gasteiger partial charge in [0.15, 0.2) is 0 Å². The van der Waals surface area contributed by atoms with Crippen LogP contribution in [0.3, 0.4) is 0 Å². The van der Waals surface area contributed by atoms with Crippen molar-refractivity contribution in [2.75, 3.05) is 13.1 Å². The van der Waals surface area contributed by atoms with Gasteiger partial charge < -0.3 is 14.2 Å². The van der Waals surface area contributed by atoms with Crippen molar-refractivity contribution in [3.63, 3.8) is 0 Å². The number of hydrogen-bond donors (Lipinski definition) is 0. The molecule has 0 N–H and O–H groups in total. The fraction of sp³-hybridized carbons (Fsp3) is 0.370. The van der Waals surface area contributed by atoms with Crippen molar-refractivity contribution in [2.45, 2.75) is 51.9 Å². The highest BCUT2D eigenvalue weighted by molar-refractivity contribution is 5.96. The Kier molecular flexibility index (Phi) is 6.10. The third-order valence-electron chi connectivity index (χ3n) is 6.93. The lowest BCUT2D eigenvalue weighted by Gasteiger charge is -2.32. The third kappa shape index (κ3) is 4.50. The number of benzene rings is 1. The first-order valence-electron chi connectivity index (χ1n) is 11.9. The molecule has 0 aliphatic carbocycles. The Morgan fingerprint density at radius 3 is 2.14 bits per heavy atom. The van der Waals surface area contributed by atoms with Crippen molar-refractivity contribution >= 4 is 11.8 Å². The number of likely N-dealkylation sites (tertiary alicyclic amines) is 1. The number of fused-ring (bicyclic) bond motifs is 1. The van der Waals surface area contributed by atoms with Crippen molar-refractivity contribution in [3.8, 4) is 0 Å². The van der Waals surface area contributed by atoms with Crippen LogP contribution < -0.4 is 0 Å². The molecule has 0 radical (unpaired) electrons. The average Bonchev–Trinajstić information content (AvgIpc) is 3.47. The van der Waals surface area contributed by atoms with Gasteiger partial charge in [-0.1, -0.05) is 24.3 Å². The van der Waals surface area contributed by atoms with Crippen LogP contribution in [0.1, 0.15) is 73.5 Å². The lowest BCUT2D eigenvalue weighted by atomic mass is 9.89. The van der Waals surface area contributed by atoms with E-state index >= 15 is 0 Å². The Labute approximate surface area is 206 Å². The average molecular weight is 498 g/mol. The molecular formula is C27H26F3N3O3. The first-order chi connectivity index (χ1) is 17.1. The van der Waals surface area contributed by atoms with Crippen LogP contribution in [0.4, 0.5) is 13.2 Å². The smallest absolute Gasteiger partial charge is 0.450 e. The minimum Gasteiger partial charge on any atom is -0.456 e. The van der Waals surface area contributed by atoms with Gasteiger partial charge in [-0.15, -0.1) is 0 Å². The summed E-state index contributed by atoms with van der Waals surface area (Å²) in [7, 11) is 0. The standard InChI is InChI=1S/C27H26F3N3O3/c1-16-7-8-21(25(34)33-14-19-5-3-4-6-20(19)15-33)23(31-16)18-9-11-32(12-10-18)26(35)22-13-17(2)36-24(22)27(28,29)30/h3-8,13,18H,9-12,14-15H2,1-2H3. The molecule has 188 valence electrons. The van der Waals surface area contributed by atoms with Gasteiger partial charge in [0.2, 0.25) is 5.76 Å². The fourth-order valence-electron chi connectivity index (χ4n) is 5.13. The number of carbonyl (C=O) groups is 2. The molecule has 6 nitrogen and oxygen atoms in total. The number of rotatable bonds is 3. The highest BCUT2D eigenvalue weighted by atomic mass is 19.4. The Morgan fingerprint density at radius 2 is 1.53 bits per heavy atom. The lowest BCUT2D eigenvalue weighted by molar-refractivity contribution is -0.153. The molecule has 0 saturated carbocycles. The molecule has 9 heteroatoms. The highest BCUT2D eigenvalue weighted by Gasteiger charge is 2.41. The molecule has 1 fully saturated rings. The summed E-state index contributed by atoms with van der Waals surface area (Å²) in [4.78, 5) is 34.3. The number of amides is 2. The molecule has 4 heterocycles. The molecule has 2 aromatic heterocycles. The van der Waals surface area contributed by atoms with Gasteiger partial charge in [0.1, 0.15) is 5.76 Å². The number of pyridine rings is 1. The summed E-state index contributed by atoms with van der Waals surface area (Å²) in [6.07, 6.45) is -3.74. The molecular weight excluding hydrogens is 471 g/mol. The quantitative estimate of drug-likeness (QED) is 0.480. The summed E-state index contributed by atoms with van der Waals surface area (Å²) >= 11 is 0. The number of nitrogens with zero attached hydrogens (tertiary/aromatic N) is 3. The van der Waals surface area contributed by atoms with E-state index in [2.05, 4.69) is 0 Å². The van der Waals surface area contributed by atoms with Crippen molar-refractivity contribution in [1.29, 1.82) is 0 Å².